The standard InChI is InChI=1S/C35H27F4N3O6S2/c1-47-23-11-15(5-10-22(23)48-14-24(43)40-18-8-6-17(36)7-9-18)25-26-20-13-21(29(26)49-31-30(25)50-34(46)41-31)28-27(20)32(44)42(33(28)45)19-4-2-3-16(12-19)35(37,38)39/h2-12,20-21,25-29H,13-14H2,1H3,(H,40,43)(H,41,46)/t20?,21?,25-,26?,27?,28?,29?/m1/s1. The van der Waals surface area contributed by atoms with Gasteiger partial charge in [-0.05, 0) is 84.3 Å². The number of carbonyl (C=O) groups excluding carboxylic acids is 3. The van der Waals surface area contributed by atoms with Gasteiger partial charge in [0.05, 0.1) is 35.2 Å². The average molecular weight is 726 g/mol. The first-order valence-corrected chi connectivity index (χ1v) is 17.4. The van der Waals surface area contributed by atoms with E-state index in [1.807, 2.05) is 6.07 Å². The third kappa shape index (κ3) is 5.29. The van der Waals surface area contributed by atoms with Gasteiger partial charge in [-0.2, -0.15) is 13.2 Å². The summed E-state index contributed by atoms with van der Waals surface area (Å²) in [6.07, 6.45) is -4.04. The fourth-order valence-electron chi connectivity index (χ4n) is 8.34. The van der Waals surface area contributed by atoms with Crippen LogP contribution >= 0.6 is 23.1 Å². The van der Waals surface area contributed by atoms with Crippen molar-refractivity contribution in [3.8, 4) is 11.5 Å². The Bertz CT molecular complexity index is 2100. The van der Waals surface area contributed by atoms with Gasteiger partial charge < -0.3 is 19.8 Å². The maximum Gasteiger partial charge on any atom is 0.416 e. The lowest BCUT2D eigenvalue weighted by Gasteiger charge is -2.43. The summed E-state index contributed by atoms with van der Waals surface area (Å²) in [5.74, 6) is -3.65. The largest absolute Gasteiger partial charge is 0.493 e. The second-order valence-corrected chi connectivity index (χ2v) is 15.0. The lowest BCUT2D eigenvalue weighted by molar-refractivity contribution is -0.137. The van der Waals surface area contributed by atoms with Crippen LogP contribution in [-0.2, 0) is 20.6 Å². The van der Waals surface area contributed by atoms with Crippen LogP contribution in [0.5, 0.6) is 11.5 Å². The van der Waals surface area contributed by atoms with Crippen LogP contribution < -0.4 is 24.6 Å². The minimum atomic E-state index is -4.64. The molecule has 0 radical (unpaired) electrons. The Morgan fingerprint density at radius 3 is 2.44 bits per heavy atom. The average Bonchev–Trinajstić information content (AvgIpc) is 3.83. The zero-order valence-corrected chi connectivity index (χ0v) is 27.7. The van der Waals surface area contributed by atoms with E-state index in [2.05, 4.69) is 10.3 Å². The van der Waals surface area contributed by atoms with E-state index >= 15 is 0 Å². The molecule has 4 aliphatic rings. The molecule has 15 heteroatoms. The Labute approximate surface area is 290 Å². The summed E-state index contributed by atoms with van der Waals surface area (Å²) >= 11 is 2.58. The number of hydrogen-bond donors (Lipinski definition) is 2. The number of thioether (sulfide) groups is 1. The number of aromatic amines is 1. The first-order valence-electron chi connectivity index (χ1n) is 15.7. The molecule has 8 rings (SSSR count). The minimum absolute atomic E-state index is 0.0917. The van der Waals surface area contributed by atoms with E-state index in [0.29, 0.717) is 22.9 Å². The molecule has 2 N–H and O–H groups in total. The highest BCUT2D eigenvalue weighted by Crippen LogP contribution is 2.69. The number of carbonyl (C=O) groups is 3. The predicted molar refractivity (Wildman–Crippen MR) is 176 cm³/mol. The van der Waals surface area contributed by atoms with Crippen molar-refractivity contribution in [1.29, 1.82) is 0 Å². The number of nitrogens with one attached hydrogen (secondary N) is 2. The van der Waals surface area contributed by atoms with E-state index in [4.69, 9.17) is 9.47 Å². The number of methoxy groups -OCH3 is 1. The van der Waals surface area contributed by atoms with Gasteiger partial charge in [-0.1, -0.05) is 23.5 Å². The maximum absolute atomic E-state index is 14.0. The van der Waals surface area contributed by atoms with Gasteiger partial charge in [-0.25, -0.2) is 4.39 Å². The number of benzene rings is 3. The van der Waals surface area contributed by atoms with Gasteiger partial charge in [0.2, 0.25) is 11.8 Å². The molecule has 4 aromatic rings. The summed E-state index contributed by atoms with van der Waals surface area (Å²) in [5.41, 5.74) is 0.156. The number of ether oxygens (including phenoxy) is 2. The highest BCUT2D eigenvalue weighted by molar-refractivity contribution is 8.00. The topological polar surface area (TPSA) is 118 Å². The lowest BCUT2D eigenvalue weighted by Crippen LogP contribution is -2.42. The van der Waals surface area contributed by atoms with E-state index < -0.39 is 47.1 Å². The van der Waals surface area contributed by atoms with Crippen LogP contribution in [0.1, 0.15) is 28.3 Å². The first kappa shape index (κ1) is 32.6. The quantitative estimate of drug-likeness (QED) is 0.170. The Morgan fingerprint density at radius 2 is 1.72 bits per heavy atom. The molecular weight excluding hydrogens is 699 g/mol. The van der Waals surface area contributed by atoms with E-state index in [-0.39, 0.29) is 51.8 Å². The molecule has 1 aromatic heterocycles. The Morgan fingerprint density at radius 1 is 0.980 bits per heavy atom. The van der Waals surface area contributed by atoms with Gasteiger partial charge in [0.25, 0.3) is 5.91 Å². The Hall–Kier alpha value is -4.63. The molecule has 2 aliphatic carbocycles. The number of amides is 3. The fourth-order valence-corrected chi connectivity index (χ4v) is 11.2. The number of thiazole rings is 1. The van der Waals surface area contributed by atoms with E-state index in [0.717, 1.165) is 38.8 Å². The summed E-state index contributed by atoms with van der Waals surface area (Å²) in [4.78, 5) is 57.5. The molecule has 1 saturated heterocycles. The number of nitrogens with zero attached hydrogens (tertiary/aromatic N) is 1. The lowest BCUT2D eigenvalue weighted by atomic mass is 9.68. The number of alkyl halides is 3. The van der Waals surface area contributed by atoms with Crippen molar-refractivity contribution < 1.29 is 41.4 Å². The van der Waals surface area contributed by atoms with Crippen molar-refractivity contribution in [2.24, 2.45) is 29.6 Å². The molecule has 2 aliphatic heterocycles. The van der Waals surface area contributed by atoms with E-state index in [1.54, 1.807) is 12.1 Å². The van der Waals surface area contributed by atoms with E-state index in [9.17, 15) is 36.7 Å². The zero-order chi connectivity index (χ0) is 35.1. The molecule has 6 unspecified atom stereocenters. The van der Waals surface area contributed by atoms with Gasteiger partial charge in [0.1, 0.15) is 5.82 Å². The van der Waals surface area contributed by atoms with Crippen LogP contribution in [0.25, 0.3) is 0 Å². The van der Waals surface area contributed by atoms with Crippen LogP contribution in [0.15, 0.2) is 76.6 Å². The smallest absolute Gasteiger partial charge is 0.416 e. The number of rotatable bonds is 7. The number of hydrogen-bond acceptors (Lipinski definition) is 8. The van der Waals surface area contributed by atoms with Crippen molar-refractivity contribution in [1.82, 2.24) is 4.98 Å². The monoisotopic (exact) mass is 725 g/mol. The van der Waals surface area contributed by atoms with Gasteiger partial charge in [0, 0.05) is 21.7 Å². The van der Waals surface area contributed by atoms with Crippen LogP contribution in [-0.4, -0.2) is 41.7 Å². The second kappa shape index (κ2) is 12.0. The fraction of sp³-hybridized carbons (Fsp3) is 0.314. The second-order valence-electron chi connectivity index (χ2n) is 12.8. The number of aromatic nitrogens is 1. The SMILES string of the molecule is COc1cc([C@H]2c3sc(=O)[nH]c3SC3C4CC(C5C(=O)N(c6cccc(C(F)(F)F)c6)C(=O)C45)C32)ccc1OCC(=O)Nc1ccc(F)cc1. The van der Waals surface area contributed by atoms with Crippen LogP contribution in [0.3, 0.4) is 0 Å². The molecule has 2 bridgehead atoms. The molecule has 3 amide bonds. The van der Waals surface area contributed by atoms with Crippen molar-refractivity contribution in [3.05, 3.63) is 98.2 Å². The minimum Gasteiger partial charge on any atom is -0.493 e. The number of halogens is 4. The molecule has 0 spiro atoms. The maximum atomic E-state index is 14.0. The number of fused-ring (bicyclic) bond motifs is 9. The summed E-state index contributed by atoms with van der Waals surface area (Å²) in [5, 5.41) is 3.18. The zero-order valence-electron chi connectivity index (χ0n) is 26.0. The molecule has 3 aromatic carbocycles. The highest BCUT2D eigenvalue weighted by Gasteiger charge is 2.69. The van der Waals surface area contributed by atoms with Crippen LogP contribution in [0, 0.1) is 35.4 Å². The normalized spacial score (nSPS) is 26.4. The predicted octanol–water partition coefficient (Wildman–Crippen LogP) is 6.30. The summed E-state index contributed by atoms with van der Waals surface area (Å²) in [6, 6.07) is 14.9. The molecule has 3 fully saturated rings. The van der Waals surface area contributed by atoms with Gasteiger partial charge in [-0.3, -0.25) is 24.1 Å². The number of H-pyrrole nitrogens is 1. The molecule has 7 atom stereocenters. The molecule has 9 nitrogen and oxygen atoms in total. The summed E-state index contributed by atoms with van der Waals surface area (Å²) < 4.78 is 65.3. The molecule has 2 saturated carbocycles. The summed E-state index contributed by atoms with van der Waals surface area (Å²) in [7, 11) is 1.46. The van der Waals surface area contributed by atoms with Gasteiger partial charge >= 0.3 is 11.0 Å². The Balaban J connectivity index is 1.09. The number of anilines is 2. The van der Waals surface area contributed by atoms with Crippen molar-refractivity contribution >= 4 is 52.2 Å². The van der Waals surface area contributed by atoms with Crippen LogP contribution in [0.4, 0.5) is 28.9 Å². The van der Waals surface area contributed by atoms with Crippen molar-refractivity contribution in [3.63, 3.8) is 0 Å². The molecular formula is C35H27F4N3O6S2. The van der Waals surface area contributed by atoms with Crippen molar-refractivity contribution in [2.75, 3.05) is 23.9 Å². The van der Waals surface area contributed by atoms with Crippen LogP contribution in [0.2, 0.25) is 0 Å². The van der Waals surface area contributed by atoms with Gasteiger partial charge in [0.15, 0.2) is 18.1 Å². The molecule has 50 heavy (non-hydrogen) atoms. The number of imide groups is 1. The first-order chi connectivity index (χ1) is 23.9. The van der Waals surface area contributed by atoms with E-state index in [1.165, 1.54) is 55.3 Å². The molecule has 3 heterocycles. The third-order valence-electron chi connectivity index (χ3n) is 10.2. The van der Waals surface area contributed by atoms with Gasteiger partial charge in [-0.15, -0.1) is 11.8 Å². The summed E-state index contributed by atoms with van der Waals surface area (Å²) in [6.45, 7) is -0.354. The third-order valence-corrected chi connectivity index (χ3v) is 12.8. The highest BCUT2D eigenvalue weighted by atomic mass is 32.2. The Kier molecular flexibility index (Phi) is 7.82. The van der Waals surface area contributed by atoms with Crippen molar-refractivity contribution in [2.45, 2.75) is 28.8 Å². The molecule has 258 valence electrons.